The van der Waals surface area contributed by atoms with Crippen molar-refractivity contribution < 1.29 is 8.42 Å². The van der Waals surface area contributed by atoms with Crippen LogP contribution in [0.15, 0.2) is 40.2 Å². The Hall–Kier alpha value is -1.56. The summed E-state index contributed by atoms with van der Waals surface area (Å²) in [6.07, 6.45) is 0.691. The quantitative estimate of drug-likeness (QED) is 0.643. The number of nitrogens with zero attached hydrogens (tertiary/aromatic N) is 1. The van der Waals surface area contributed by atoms with Crippen LogP contribution in [0.3, 0.4) is 0 Å². The van der Waals surface area contributed by atoms with Gasteiger partial charge in [0.15, 0.2) is 15.8 Å². The van der Waals surface area contributed by atoms with Crippen molar-refractivity contribution >= 4 is 15.8 Å². The predicted octanol–water partition coefficient (Wildman–Crippen LogP) is 2.20. The van der Waals surface area contributed by atoms with Gasteiger partial charge in [-0.1, -0.05) is 25.1 Å². The Kier molecular flexibility index (Phi) is 6.41. The van der Waals surface area contributed by atoms with Gasteiger partial charge in [0.05, 0.1) is 10.6 Å². The van der Waals surface area contributed by atoms with Crippen molar-refractivity contribution in [1.82, 2.24) is 10.6 Å². The average molecular weight is 325 g/mol. The zero-order valence-electron chi connectivity index (χ0n) is 14.1. The Morgan fingerprint density at radius 1 is 1.23 bits per heavy atom. The lowest BCUT2D eigenvalue weighted by Gasteiger charge is -2.27. The van der Waals surface area contributed by atoms with E-state index >= 15 is 0 Å². The fourth-order valence-electron chi connectivity index (χ4n) is 1.96. The predicted molar refractivity (Wildman–Crippen MR) is 92.0 cm³/mol. The maximum atomic E-state index is 12.5. The molecule has 124 valence electrons. The van der Waals surface area contributed by atoms with Gasteiger partial charge in [0, 0.05) is 18.6 Å². The number of hydrogen-bond acceptors (Lipinski definition) is 3. The highest BCUT2D eigenvalue weighted by molar-refractivity contribution is 7.91. The largest absolute Gasteiger partial charge is 0.353 e. The summed E-state index contributed by atoms with van der Waals surface area (Å²) in [7, 11) is -1.63. The summed E-state index contributed by atoms with van der Waals surface area (Å²) in [6, 6.07) is 8.35. The number of sulfone groups is 1. The van der Waals surface area contributed by atoms with Crippen LogP contribution in [-0.4, -0.2) is 38.8 Å². The van der Waals surface area contributed by atoms with Crippen LogP contribution < -0.4 is 10.6 Å². The van der Waals surface area contributed by atoms with Gasteiger partial charge in [-0.3, -0.25) is 4.99 Å². The summed E-state index contributed by atoms with van der Waals surface area (Å²) in [6.45, 7) is 8.05. The van der Waals surface area contributed by atoms with Crippen molar-refractivity contribution in [3.05, 3.63) is 30.3 Å². The zero-order valence-corrected chi connectivity index (χ0v) is 14.9. The molecule has 6 heteroatoms. The van der Waals surface area contributed by atoms with Crippen molar-refractivity contribution in [2.24, 2.45) is 4.99 Å². The lowest BCUT2D eigenvalue weighted by Crippen LogP contribution is -2.51. The van der Waals surface area contributed by atoms with E-state index in [9.17, 15) is 8.42 Å². The zero-order chi connectivity index (χ0) is 16.8. The van der Waals surface area contributed by atoms with Crippen molar-refractivity contribution in [2.45, 2.75) is 50.6 Å². The Balaban J connectivity index is 2.81. The lowest BCUT2D eigenvalue weighted by atomic mass is 10.1. The second-order valence-electron chi connectivity index (χ2n) is 6.29. The number of benzene rings is 1. The summed E-state index contributed by atoms with van der Waals surface area (Å²) in [5.74, 6) is 0.654. The van der Waals surface area contributed by atoms with Gasteiger partial charge in [-0.15, -0.1) is 0 Å². The van der Waals surface area contributed by atoms with Crippen LogP contribution in [0, 0.1) is 0 Å². The van der Waals surface area contributed by atoms with E-state index < -0.39 is 9.84 Å². The number of aliphatic imine (C=N–C) groups is 1. The molecule has 0 amide bonds. The molecule has 0 spiro atoms. The summed E-state index contributed by atoms with van der Waals surface area (Å²) >= 11 is 0. The number of nitrogens with one attached hydrogen (secondary N) is 2. The fraction of sp³-hybridized carbons (Fsp3) is 0.562. The van der Waals surface area contributed by atoms with E-state index in [1.54, 1.807) is 31.3 Å². The van der Waals surface area contributed by atoms with E-state index in [-0.39, 0.29) is 17.3 Å². The Bertz CT molecular complexity index is 590. The second kappa shape index (κ2) is 7.63. The van der Waals surface area contributed by atoms with Crippen molar-refractivity contribution in [3.63, 3.8) is 0 Å². The minimum Gasteiger partial charge on any atom is -0.353 e. The maximum Gasteiger partial charge on any atom is 0.191 e. The van der Waals surface area contributed by atoms with E-state index in [0.717, 1.165) is 0 Å². The van der Waals surface area contributed by atoms with E-state index in [2.05, 4.69) is 15.6 Å². The molecule has 1 atom stereocenters. The van der Waals surface area contributed by atoms with Crippen LogP contribution in [0.1, 0.15) is 34.1 Å². The van der Waals surface area contributed by atoms with Crippen molar-refractivity contribution in [2.75, 3.05) is 12.8 Å². The van der Waals surface area contributed by atoms with Crippen molar-refractivity contribution in [3.8, 4) is 0 Å². The van der Waals surface area contributed by atoms with Gasteiger partial charge in [-0.2, -0.15) is 0 Å². The third-order valence-corrected chi connectivity index (χ3v) is 4.91. The van der Waals surface area contributed by atoms with Gasteiger partial charge >= 0.3 is 0 Å². The van der Waals surface area contributed by atoms with Gasteiger partial charge in [0.2, 0.25) is 0 Å². The summed E-state index contributed by atoms with van der Waals surface area (Å²) in [5.41, 5.74) is -0.140. The Labute approximate surface area is 134 Å². The lowest BCUT2D eigenvalue weighted by molar-refractivity contribution is 0.491. The molecule has 5 nitrogen and oxygen atoms in total. The first-order valence-corrected chi connectivity index (χ1v) is 9.12. The van der Waals surface area contributed by atoms with Gasteiger partial charge in [-0.25, -0.2) is 8.42 Å². The highest BCUT2D eigenvalue weighted by Crippen LogP contribution is 2.12. The van der Waals surface area contributed by atoms with Crippen LogP contribution >= 0.6 is 0 Å². The molecular weight excluding hydrogens is 298 g/mol. The average Bonchev–Trinajstić information content (AvgIpc) is 2.45. The molecule has 0 saturated heterocycles. The SMILES string of the molecule is CCC(CS(=O)(=O)c1ccccc1)NC(=NC)NC(C)(C)C. The molecule has 1 rings (SSSR count). The second-order valence-corrected chi connectivity index (χ2v) is 8.33. The van der Waals surface area contributed by atoms with E-state index in [0.29, 0.717) is 17.3 Å². The standard InChI is InChI=1S/C16H27N3O2S/c1-6-13(18-15(17-5)19-16(2,3)4)12-22(20,21)14-10-8-7-9-11-14/h7-11,13H,6,12H2,1-5H3,(H2,17,18,19). The summed E-state index contributed by atoms with van der Waals surface area (Å²) < 4.78 is 24.9. The first kappa shape index (κ1) is 18.5. The highest BCUT2D eigenvalue weighted by atomic mass is 32.2. The van der Waals surface area contributed by atoms with Gasteiger partial charge in [0.25, 0.3) is 0 Å². The summed E-state index contributed by atoms with van der Waals surface area (Å²) in [4.78, 5) is 4.52. The number of guanidine groups is 1. The molecule has 0 radical (unpaired) electrons. The molecule has 1 aromatic carbocycles. The van der Waals surface area contributed by atoms with Gasteiger partial charge < -0.3 is 10.6 Å². The normalized spacial score (nSPS) is 14.5. The number of rotatable bonds is 5. The minimum atomic E-state index is -3.31. The van der Waals surface area contributed by atoms with E-state index in [1.807, 2.05) is 33.8 Å². The van der Waals surface area contributed by atoms with Crippen molar-refractivity contribution in [1.29, 1.82) is 0 Å². The molecule has 0 saturated carbocycles. The van der Waals surface area contributed by atoms with Crippen LogP contribution in [0.25, 0.3) is 0 Å². The molecule has 0 aliphatic carbocycles. The Morgan fingerprint density at radius 3 is 2.27 bits per heavy atom. The highest BCUT2D eigenvalue weighted by Gasteiger charge is 2.22. The monoisotopic (exact) mass is 325 g/mol. The molecule has 0 aliphatic heterocycles. The van der Waals surface area contributed by atoms with Crippen LogP contribution in [0.2, 0.25) is 0 Å². The molecule has 1 aromatic rings. The van der Waals surface area contributed by atoms with Gasteiger partial charge in [0.1, 0.15) is 0 Å². The first-order chi connectivity index (χ1) is 10.2. The third kappa shape index (κ3) is 6.05. The fourth-order valence-corrected chi connectivity index (χ4v) is 3.57. The molecule has 0 heterocycles. The molecule has 0 fully saturated rings. The van der Waals surface area contributed by atoms with Crippen LogP contribution in [0.5, 0.6) is 0 Å². The number of hydrogen-bond donors (Lipinski definition) is 2. The molecular formula is C16H27N3O2S. The molecule has 0 aliphatic rings. The van der Waals surface area contributed by atoms with E-state index in [1.165, 1.54) is 0 Å². The van der Waals surface area contributed by atoms with Crippen LogP contribution in [0.4, 0.5) is 0 Å². The smallest absolute Gasteiger partial charge is 0.191 e. The van der Waals surface area contributed by atoms with Crippen LogP contribution in [-0.2, 0) is 9.84 Å². The third-order valence-electron chi connectivity index (χ3n) is 3.07. The minimum absolute atomic E-state index is 0.0400. The first-order valence-electron chi connectivity index (χ1n) is 7.47. The molecule has 0 aromatic heterocycles. The van der Waals surface area contributed by atoms with Gasteiger partial charge in [-0.05, 0) is 39.3 Å². The molecule has 0 bridgehead atoms. The molecule has 1 unspecified atom stereocenters. The van der Waals surface area contributed by atoms with E-state index in [4.69, 9.17) is 0 Å². The Morgan fingerprint density at radius 2 is 1.82 bits per heavy atom. The maximum absolute atomic E-state index is 12.5. The molecule has 22 heavy (non-hydrogen) atoms. The topological polar surface area (TPSA) is 70.6 Å². The molecule has 2 N–H and O–H groups in total. The summed E-state index contributed by atoms with van der Waals surface area (Å²) in [5, 5.41) is 6.44.